The Labute approximate surface area is 97.0 Å². The molecule has 1 saturated carbocycles. The van der Waals surface area contributed by atoms with Crippen molar-refractivity contribution in [1.29, 1.82) is 0 Å². The van der Waals surface area contributed by atoms with E-state index in [0.29, 0.717) is 11.7 Å². The molecule has 0 N–H and O–H groups in total. The van der Waals surface area contributed by atoms with Gasteiger partial charge < -0.3 is 4.42 Å². The highest BCUT2D eigenvalue weighted by molar-refractivity contribution is 5.95. The molecule has 16 heavy (non-hydrogen) atoms. The minimum Gasteiger partial charge on any atom is -0.458 e. The van der Waals surface area contributed by atoms with Crippen LogP contribution in [0, 0.1) is 18.8 Å². The Hall–Kier alpha value is -1.05. The minimum absolute atomic E-state index is 0.198. The molecule has 2 atom stereocenters. The first-order chi connectivity index (χ1) is 7.72. The summed E-state index contributed by atoms with van der Waals surface area (Å²) in [5.74, 6) is 2.37. The van der Waals surface area contributed by atoms with Crippen LogP contribution in [0.15, 0.2) is 16.5 Å². The Morgan fingerprint density at radius 3 is 2.75 bits per heavy atom. The Kier molecular flexibility index (Phi) is 3.47. The van der Waals surface area contributed by atoms with Crippen molar-refractivity contribution in [2.75, 3.05) is 0 Å². The maximum atomic E-state index is 12.3. The van der Waals surface area contributed by atoms with Crippen molar-refractivity contribution in [1.82, 2.24) is 0 Å². The summed E-state index contributed by atoms with van der Waals surface area (Å²) in [6, 6.07) is 3.69. The third-order valence-electron chi connectivity index (χ3n) is 3.75. The minimum atomic E-state index is 0.198. The fraction of sp³-hybridized carbons (Fsp3) is 0.643. The van der Waals surface area contributed by atoms with Crippen LogP contribution in [0.4, 0.5) is 0 Å². The maximum absolute atomic E-state index is 12.3. The zero-order valence-corrected chi connectivity index (χ0v) is 10.2. The topological polar surface area (TPSA) is 30.2 Å². The number of Topliss-reactive ketones (excluding diaryl/α,β-unsaturated/α-hetero) is 1. The van der Waals surface area contributed by atoms with Gasteiger partial charge in [0.1, 0.15) is 5.76 Å². The van der Waals surface area contributed by atoms with Gasteiger partial charge in [-0.3, -0.25) is 4.79 Å². The summed E-state index contributed by atoms with van der Waals surface area (Å²) in [4.78, 5) is 12.3. The molecule has 0 bridgehead atoms. The van der Waals surface area contributed by atoms with Crippen LogP contribution in [0.3, 0.4) is 0 Å². The van der Waals surface area contributed by atoms with Crippen molar-refractivity contribution in [3.63, 3.8) is 0 Å². The smallest absolute Gasteiger partial charge is 0.201 e. The van der Waals surface area contributed by atoms with Crippen molar-refractivity contribution in [3.8, 4) is 0 Å². The molecule has 2 nitrogen and oxygen atoms in total. The van der Waals surface area contributed by atoms with Crippen LogP contribution in [0.2, 0.25) is 0 Å². The number of ketones is 1. The van der Waals surface area contributed by atoms with Crippen molar-refractivity contribution in [3.05, 3.63) is 23.7 Å². The molecule has 0 spiro atoms. The molecule has 0 saturated heterocycles. The molecule has 1 fully saturated rings. The van der Waals surface area contributed by atoms with E-state index in [-0.39, 0.29) is 11.7 Å². The van der Waals surface area contributed by atoms with Crippen LogP contribution >= 0.6 is 0 Å². The summed E-state index contributed by atoms with van der Waals surface area (Å²) in [6.07, 6.45) is 5.81. The molecule has 1 heterocycles. The first kappa shape index (κ1) is 11.4. The number of carbonyl (C=O) groups excluding carboxylic acids is 1. The second kappa shape index (κ2) is 4.86. The van der Waals surface area contributed by atoms with Gasteiger partial charge >= 0.3 is 0 Å². The van der Waals surface area contributed by atoms with Crippen molar-refractivity contribution >= 4 is 5.78 Å². The lowest BCUT2D eigenvalue weighted by atomic mass is 9.75. The van der Waals surface area contributed by atoms with Gasteiger partial charge in [0.15, 0.2) is 5.76 Å². The quantitative estimate of drug-likeness (QED) is 0.721. The standard InChI is InChI=1S/C14H20O2/c1-3-11-6-4-5-7-12(11)14(15)13-9-8-10(2)16-13/h8-9,11-12H,3-7H2,1-2H3. The van der Waals surface area contributed by atoms with E-state index in [0.717, 1.165) is 18.6 Å². The number of carbonyl (C=O) groups is 1. The van der Waals surface area contributed by atoms with Gasteiger partial charge in [-0.25, -0.2) is 0 Å². The third kappa shape index (κ3) is 2.21. The Morgan fingerprint density at radius 2 is 2.12 bits per heavy atom. The number of furan rings is 1. The molecule has 1 aliphatic carbocycles. The van der Waals surface area contributed by atoms with Crippen LogP contribution in [-0.2, 0) is 0 Å². The van der Waals surface area contributed by atoms with Gasteiger partial charge in [-0.05, 0) is 37.8 Å². The van der Waals surface area contributed by atoms with Gasteiger partial charge in [0.25, 0.3) is 0 Å². The first-order valence-corrected chi connectivity index (χ1v) is 6.33. The van der Waals surface area contributed by atoms with Crippen LogP contribution in [-0.4, -0.2) is 5.78 Å². The predicted molar refractivity (Wildman–Crippen MR) is 63.5 cm³/mol. The number of hydrogen-bond acceptors (Lipinski definition) is 2. The highest BCUT2D eigenvalue weighted by atomic mass is 16.3. The molecule has 2 unspecified atom stereocenters. The summed E-state index contributed by atoms with van der Waals surface area (Å²) >= 11 is 0. The van der Waals surface area contributed by atoms with Crippen molar-refractivity contribution in [2.45, 2.75) is 46.0 Å². The molecule has 88 valence electrons. The zero-order valence-electron chi connectivity index (χ0n) is 10.2. The van der Waals surface area contributed by atoms with Crippen LogP contribution < -0.4 is 0 Å². The molecular formula is C14H20O2. The molecule has 1 aliphatic rings. The fourth-order valence-corrected chi connectivity index (χ4v) is 2.79. The number of aryl methyl sites for hydroxylation is 1. The van der Waals surface area contributed by atoms with Crippen LogP contribution in [0.25, 0.3) is 0 Å². The molecule has 0 aromatic carbocycles. The van der Waals surface area contributed by atoms with Gasteiger partial charge in [-0.2, -0.15) is 0 Å². The second-order valence-electron chi connectivity index (χ2n) is 4.83. The largest absolute Gasteiger partial charge is 0.458 e. The van der Waals surface area contributed by atoms with Crippen LogP contribution in [0.1, 0.15) is 55.3 Å². The number of hydrogen-bond donors (Lipinski definition) is 0. The lowest BCUT2D eigenvalue weighted by molar-refractivity contribution is 0.0789. The van der Waals surface area contributed by atoms with Gasteiger partial charge in [-0.1, -0.05) is 26.2 Å². The van der Waals surface area contributed by atoms with Gasteiger partial charge in [0, 0.05) is 5.92 Å². The van der Waals surface area contributed by atoms with E-state index in [1.807, 2.05) is 19.1 Å². The molecule has 1 aromatic heterocycles. The molecule has 0 radical (unpaired) electrons. The third-order valence-corrected chi connectivity index (χ3v) is 3.75. The van der Waals surface area contributed by atoms with E-state index in [2.05, 4.69) is 6.92 Å². The van der Waals surface area contributed by atoms with Crippen molar-refractivity contribution < 1.29 is 9.21 Å². The summed E-state index contributed by atoms with van der Waals surface area (Å²) < 4.78 is 5.44. The second-order valence-corrected chi connectivity index (χ2v) is 4.83. The Balaban J connectivity index is 2.13. The normalized spacial score (nSPS) is 25.6. The Morgan fingerprint density at radius 1 is 1.38 bits per heavy atom. The highest BCUT2D eigenvalue weighted by Gasteiger charge is 2.31. The molecule has 2 rings (SSSR count). The average Bonchev–Trinajstić information content (AvgIpc) is 2.75. The summed E-state index contributed by atoms with van der Waals surface area (Å²) in [7, 11) is 0. The van der Waals surface area contributed by atoms with Gasteiger partial charge in [-0.15, -0.1) is 0 Å². The zero-order chi connectivity index (χ0) is 11.5. The lowest BCUT2D eigenvalue weighted by Gasteiger charge is -2.28. The highest BCUT2D eigenvalue weighted by Crippen LogP contribution is 2.34. The molecule has 2 heteroatoms. The first-order valence-electron chi connectivity index (χ1n) is 6.33. The molecule has 0 amide bonds. The van der Waals surface area contributed by atoms with Crippen LogP contribution in [0.5, 0.6) is 0 Å². The molecule has 0 aliphatic heterocycles. The fourth-order valence-electron chi connectivity index (χ4n) is 2.79. The summed E-state index contributed by atoms with van der Waals surface area (Å²) in [5.41, 5.74) is 0. The maximum Gasteiger partial charge on any atom is 0.201 e. The van der Waals surface area contributed by atoms with E-state index in [1.54, 1.807) is 0 Å². The molecular weight excluding hydrogens is 200 g/mol. The van der Waals surface area contributed by atoms with E-state index < -0.39 is 0 Å². The van der Waals surface area contributed by atoms with E-state index in [9.17, 15) is 4.79 Å². The van der Waals surface area contributed by atoms with E-state index in [1.165, 1.54) is 19.3 Å². The van der Waals surface area contributed by atoms with Gasteiger partial charge in [0.2, 0.25) is 5.78 Å². The monoisotopic (exact) mass is 220 g/mol. The molecule has 1 aromatic rings. The summed E-state index contributed by atoms with van der Waals surface area (Å²) in [6.45, 7) is 4.07. The van der Waals surface area contributed by atoms with E-state index >= 15 is 0 Å². The summed E-state index contributed by atoms with van der Waals surface area (Å²) in [5, 5.41) is 0. The van der Waals surface area contributed by atoms with Crippen molar-refractivity contribution in [2.24, 2.45) is 11.8 Å². The average molecular weight is 220 g/mol. The van der Waals surface area contributed by atoms with Gasteiger partial charge in [0.05, 0.1) is 0 Å². The predicted octanol–water partition coefficient (Wildman–Crippen LogP) is 3.99. The van der Waals surface area contributed by atoms with E-state index in [4.69, 9.17) is 4.42 Å². The number of rotatable bonds is 3. The SMILES string of the molecule is CCC1CCCCC1C(=O)c1ccc(C)o1. The Bertz CT molecular complexity index is 365. The lowest BCUT2D eigenvalue weighted by Crippen LogP contribution is -2.26.